The fourth-order valence-corrected chi connectivity index (χ4v) is 1.93. The fraction of sp³-hybridized carbons (Fsp3) is 0.222. The summed E-state index contributed by atoms with van der Waals surface area (Å²) in [5.41, 5.74) is 6.05. The normalized spacial score (nSPS) is 11.1. The molecule has 0 aromatic heterocycles. The molecule has 0 unspecified atom stereocenters. The lowest BCUT2D eigenvalue weighted by Gasteiger charge is -2.05. The lowest BCUT2D eigenvalue weighted by Crippen LogP contribution is -2.19. The first kappa shape index (κ1) is 15.8. The average Bonchev–Trinajstić information content (AvgIpc) is 2.54. The van der Waals surface area contributed by atoms with Crippen LogP contribution in [-0.4, -0.2) is 18.2 Å². The molecule has 2 aromatic rings. The van der Waals surface area contributed by atoms with Gasteiger partial charge in [-0.05, 0) is 50.6 Å². The lowest BCUT2D eigenvalue weighted by molar-refractivity contribution is 0.0955. The monoisotopic (exact) mass is 296 g/mol. The molecule has 0 aliphatic heterocycles. The van der Waals surface area contributed by atoms with Crippen LogP contribution in [0.25, 0.3) is 0 Å². The molecule has 22 heavy (non-hydrogen) atoms. The lowest BCUT2D eigenvalue weighted by atomic mass is 10.1. The van der Waals surface area contributed by atoms with Crippen LogP contribution in [0.5, 0.6) is 5.75 Å². The zero-order chi connectivity index (χ0) is 15.9. The molecule has 1 amide bonds. The van der Waals surface area contributed by atoms with Crippen LogP contribution in [0.2, 0.25) is 0 Å². The molecule has 0 heterocycles. The molecule has 0 aliphatic carbocycles. The molecular weight excluding hydrogens is 276 g/mol. The second-order valence-electron chi connectivity index (χ2n) is 4.96. The van der Waals surface area contributed by atoms with E-state index in [4.69, 9.17) is 4.74 Å². The number of nitrogens with zero attached hydrogens (tertiary/aromatic N) is 1. The van der Waals surface area contributed by atoms with E-state index < -0.39 is 0 Å². The van der Waals surface area contributed by atoms with E-state index in [1.807, 2.05) is 45.0 Å². The standard InChI is InChI=1S/C18H20N2O2/c1-4-22-17-11-9-16(10-12-17)18(21)20-19-14(3)15-7-5-13(2)6-8-15/h5-12H,4H2,1-3H3,(H,20,21). The maximum atomic E-state index is 12.0. The van der Waals surface area contributed by atoms with Crippen LogP contribution < -0.4 is 10.2 Å². The van der Waals surface area contributed by atoms with Gasteiger partial charge in [0, 0.05) is 5.56 Å². The topological polar surface area (TPSA) is 50.7 Å². The van der Waals surface area contributed by atoms with Crippen molar-refractivity contribution in [2.75, 3.05) is 6.61 Å². The molecule has 0 atom stereocenters. The summed E-state index contributed by atoms with van der Waals surface area (Å²) in [6, 6.07) is 15.0. The fourth-order valence-electron chi connectivity index (χ4n) is 1.93. The number of carbonyl (C=O) groups is 1. The first-order chi connectivity index (χ1) is 10.6. The van der Waals surface area contributed by atoms with Gasteiger partial charge < -0.3 is 4.74 Å². The van der Waals surface area contributed by atoms with Crippen molar-refractivity contribution in [1.29, 1.82) is 0 Å². The quantitative estimate of drug-likeness (QED) is 0.677. The number of carbonyl (C=O) groups excluding carboxylic acids is 1. The maximum absolute atomic E-state index is 12.0. The third-order valence-corrected chi connectivity index (χ3v) is 3.22. The molecule has 0 spiro atoms. The average molecular weight is 296 g/mol. The molecule has 4 nitrogen and oxygen atoms in total. The molecule has 0 bridgehead atoms. The van der Waals surface area contributed by atoms with Crippen LogP contribution in [0.15, 0.2) is 53.6 Å². The second-order valence-corrected chi connectivity index (χ2v) is 4.96. The Kier molecular flexibility index (Phi) is 5.31. The molecule has 114 valence electrons. The number of aryl methyl sites for hydroxylation is 1. The van der Waals surface area contributed by atoms with Crippen LogP contribution >= 0.6 is 0 Å². The molecule has 0 aliphatic rings. The summed E-state index contributed by atoms with van der Waals surface area (Å²) in [6.45, 7) is 6.42. The van der Waals surface area contributed by atoms with Gasteiger partial charge in [-0.1, -0.05) is 29.8 Å². The minimum absolute atomic E-state index is 0.241. The predicted molar refractivity (Wildman–Crippen MR) is 88.5 cm³/mol. The van der Waals surface area contributed by atoms with Crippen LogP contribution in [0.1, 0.15) is 35.3 Å². The summed E-state index contributed by atoms with van der Waals surface area (Å²) in [4.78, 5) is 12.0. The largest absolute Gasteiger partial charge is 0.494 e. The molecule has 0 fully saturated rings. The number of hydrogen-bond donors (Lipinski definition) is 1. The second kappa shape index (κ2) is 7.41. The number of hydrogen-bond acceptors (Lipinski definition) is 3. The van der Waals surface area contributed by atoms with Gasteiger partial charge in [-0.25, -0.2) is 5.43 Å². The van der Waals surface area contributed by atoms with Gasteiger partial charge >= 0.3 is 0 Å². The van der Waals surface area contributed by atoms with Gasteiger partial charge in [0.15, 0.2) is 0 Å². The highest BCUT2D eigenvalue weighted by Crippen LogP contribution is 2.12. The molecule has 4 heteroatoms. The molecule has 2 aromatic carbocycles. The van der Waals surface area contributed by atoms with Crippen molar-refractivity contribution >= 4 is 11.6 Å². The van der Waals surface area contributed by atoms with E-state index in [9.17, 15) is 4.79 Å². The Balaban J connectivity index is 2.01. The molecule has 2 rings (SSSR count). The molecular formula is C18H20N2O2. The highest BCUT2D eigenvalue weighted by molar-refractivity contribution is 6.00. The Bertz CT molecular complexity index is 658. The molecule has 1 N–H and O–H groups in total. The smallest absolute Gasteiger partial charge is 0.271 e. The van der Waals surface area contributed by atoms with Crippen molar-refractivity contribution in [3.05, 3.63) is 65.2 Å². The Morgan fingerprint density at radius 2 is 1.64 bits per heavy atom. The summed E-state index contributed by atoms with van der Waals surface area (Å²) in [6.07, 6.45) is 0. The third-order valence-electron chi connectivity index (χ3n) is 3.22. The molecule has 0 saturated carbocycles. The van der Waals surface area contributed by atoms with Gasteiger partial charge in [0.05, 0.1) is 12.3 Å². The van der Waals surface area contributed by atoms with Gasteiger partial charge in [-0.3, -0.25) is 4.79 Å². The Morgan fingerprint density at radius 1 is 1.05 bits per heavy atom. The first-order valence-electron chi connectivity index (χ1n) is 7.24. The molecule has 0 radical (unpaired) electrons. The zero-order valence-corrected chi connectivity index (χ0v) is 13.1. The minimum Gasteiger partial charge on any atom is -0.494 e. The van der Waals surface area contributed by atoms with Crippen LogP contribution in [0.4, 0.5) is 0 Å². The third kappa shape index (κ3) is 4.19. The van der Waals surface area contributed by atoms with E-state index in [0.717, 1.165) is 17.0 Å². The van der Waals surface area contributed by atoms with Crippen LogP contribution in [0.3, 0.4) is 0 Å². The van der Waals surface area contributed by atoms with E-state index in [-0.39, 0.29) is 5.91 Å². The van der Waals surface area contributed by atoms with Gasteiger partial charge in [0.1, 0.15) is 5.75 Å². The van der Waals surface area contributed by atoms with E-state index in [2.05, 4.69) is 10.5 Å². The van der Waals surface area contributed by atoms with Crippen LogP contribution in [-0.2, 0) is 0 Å². The van der Waals surface area contributed by atoms with Crippen molar-refractivity contribution < 1.29 is 9.53 Å². The summed E-state index contributed by atoms with van der Waals surface area (Å²) in [5, 5.41) is 4.14. The summed E-state index contributed by atoms with van der Waals surface area (Å²) < 4.78 is 5.35. The Hall–Kier alpha value is -2.62. The van der Waals surface area contributed by atoms with E-state index in [1.165, 1.54) is 5.56 Å². The van der Waals surface area contributed by atoms with Gasteiger partial charge in [0.2, 0.25) is 0 Å². The van der Waals surface area contributed by atoms with E-state index in [1.54, 1.807) is 24.3 Å². The Morgan fingerprint density at radius 3 is 2.23 bits per heavy atom. The van der Waals surface area contributed by atoms with Crippen LogP contribution in [0, 0.1) is 6.92 Å². The van der Waals surface area contributed by atoms with Gasteiger partial charge in [0.25, 0.3) is 5.91 Å². The van der Waals surface area contributed by atoms with Gasteiger partial charge in [-0.15, -0.1) is 0 Å². The number of amides is 1. The first-order valence-corrected chi connectivity index (χ1v) is 7.24. The summed E-state index contributed by atoms with van der Waals surface area (Å²) >= 11 is 0. The SMILES string of the molecule is CCOc1ccc(C(=O)NN=C(C)c2ccc(C)cc2)cc1. The highest BCUT2D eigenvalue weighted by atomic mass is 16.5. The van der Waals surface area contributed by atoms with Crippen molar-refractivity contribution in [3.63, 3.8) is 0 Å². The summed E-state index contributed by atoms with van der Waals surface area (Å²) in [7, 11) is 0. The summed E-state index contributed by atoms with van der Waals surface area (Å²) in [5.74, 6) is 0.507. The van der Waals surface area contributed by atoms with Crippen molar-refractivity contribution in [2.24, 2.45) is 5.10 Å². The number of hydrazone groups is 1. The van der Waals surface area contributed by atoms with E-state index in [0.29, 0.717) is 12.2 Å². The Labute approximate surface area is 130 Å². The number of benzene rings is 2. The minimum atomic E-state index is -0.241. The van der Waals surface area contributed by atoms with Crippen molar-refractivity contribution in [2.45, 2.75) is 20.8 Å². The molecule has 0 saturated heterocycles. The maximum Gasteiger partial charge on any atom is 0.271 e. The zero-order valence-electron chi connectivity index (χ0n) is 13.1. The number of rotatable bonds is 5. The van der Waals surface area contributed by atoms with Crippen molar-refractivity contribution in [3.8, 4) is 5.75 Å². The van der Waals surface area contributed by atoms with Crippen molar-refractivity contribution in [1.82, 2.24) is 5.43 Å². The number of nitrogens with one attached hydrogen (secondary N) is 1. The highest BCUT2D eigenvalue weighted by Gasteiger charge is 2.05. The predicted octanol–water partition coefficient (Wildman–Crippen LogP) is 3.55. The van der Waals surface area contributed by atoms with E-state index >= 15 is 0 Å². The number of ether oxygens (including phenoxy) is 1. The van der Waals surface area contributed by atoms with Gasteiger partial charge in [-0.2, -0.15) is 5.10 Å².